The molecule has 1 unspecified atom stereocenters. The molecule has 0 bridgehead atoms. The van der Waals surface area contributed by atoms with Gasteiger partial charge in [0.25, 0.3) is 0 Å². The number of pyridine rings is 1. The van der Waals surface area contributed by atoms with Crippen molar-refractivity contribution in [2.45, 2.75) is 32.2 Å². The van der Waals surface area contributed by atoms with Crippen molar-refractivity contribution in [1.82, 2.24) is 4.98 Å². The number of aliphatic hydroxyl groups excluding tert-OH is 1. The number of rotatable bonds is 4. The summed E-state index contributed by atoms with van der Waals surface area (Å²) in [4.78, 5) is 6.99. The van der Waals surface area contributed by atoms with E-state index in [1.54, 1.807) is 0 Å². The van der Waals surface area contributed by atoms with Crippen molar-refractivity contribution in [3.05, 3.63) is 22.9 Å². The number of hydrogen-bond acceptors (Lipinski definition) is 4. The van der Waals surface area contributed by atoms with Gasteiger partial charge in [0.05, 0.1) is 18.2 Å². The lowest BCUT2D eigenvalue weighted by atomic mass is 10.1. The summed E-state index contributed by atoms with van der Waals surface area (Å²) in [6.07, 6.45) is 3.21. The molecule has 0 radical (unpaired) electrons. The van der Waals surface area contributed by atoms with E-state index < -0.39 is 0 Å². The van der Waals surface area contributed by atoms with Crippen LogP contribution in [0.15, 0.2) is 6.07 Å². The highest BCUT2D eigenvalue weighted by atomic mass is 32.1. The van der Waals surface area contributed by atoms with Crippen molar-refractivity contribution in [2.24, 2.45) is 5.73 Å². The zero-order valence-electron chi connectivity index (χ0n) is 10.8. The van der Waals surface area contributed by atoms with E-state index in [4.69, 9.17) is 22.9 Å². The van der Waals surface area contributed by atoms with Gasteiger partial charge in [0.15, 0.2) is 0 Å². The number of fused-ring (bicyclic) bond motifs is 1. The number of hydrogen-bond donors (Lipinski definition) is 2. The lowest BCUT2D eigenvalue weighted by molar-refractivity contribution is 0.269. The van der Waals surface area contributed by atoms with Crippen LogP contribution in [0, 0.1) is 0 Å². The maximum Gasteiger partial charge on any atom is 0.139 e. The van der Waals surface area contributed by atoms with Crippen molar-refractivity contribution in [2.75, 3.05) is 18.6 Å². The third kappa shape index (κ3) is 2.33. The summed E-state index contributed by atoms with van der Waals surface area (Å²) in [6.45, 7) is 2.02. The van der Waals surface area contributed by atoms with Gasteiger partial charge in [-0.2, -0.15) is 0 Å². The fourth-order valence-electron chi connectivity index (χ4n) is 2.24. The zero-order valence-corrected chi connectivity index (χ0v) is 11.6. The van der Waals surface area contributed by atoms with Crippen LogP contribution in [-0.2, 0) is 12.8 Å². The first-order chi connectivity index (χ1) is 8.54. The summed E-state index contributed by atoms with van der Waals surface area (Å²) < 4.78 is 0. The lowest BCUT2D eigenvalue weighted by Gasteiger charge is -2.27. The topological polar surface area (TPSA) is 62.4 Å². The van der Waals surface area contributed by atoms with Gasteiger partial charge in [0.2, 0.25) is 0 Å². The SMILES string of the molecule is CC(CO)N(C)c1nc2c(cc1C(N)=S)CCC2. The Bertz CT molecular complexity index is 476. The maximum atomic E-state index is 9.26. The van der Waals surface area contributed by atoms with E-state index in [2.05, 4.69) is 6.07 Å². The van der Waals surface area contributed by atoms with Gasteiger partial charge in [-0.3, -0.25) is 0 Å². The van der Waals surface area contributed by atoms with Gasteiger partial charge >= 0.3 is 0 Å². The van der Waals surface area contributed by atoms with Crippen LogP contribution in [0.2, 0.25) is 0 Å². The minimum Gasteiger partial charge on any atom is -0.394 e. The van der Waals surface area contributed by atoms with Crippen LogP contribution < -0.4 is 10.6 Å². The smallest absolute Gasteiger partial charge is 0.139 e. The normalized spacial score (nSPS) is 15.3. The maximum absolute atomic E-state index is 9.26. The molecule has 0 spiro atoms. The Labute approximate surface area is 113 Å². The molecule has 1 atom stereocenters. The van der Waals surface area contributed by atoms with E-state index in [0.29, 0.717) is 4.99 Å². The van der Waals surface area contributed by atoms with E-state index >= 15 is 0 Å². The number of aliphatic hydroxyl groups is 1. The monoisotopic (exact) mass is 265 g/mol. The van der Waals surface area contributed by atoms with Crippen LogP contribution >= 0.6 is 12.2 Å². The van der Waals surface area contributed by atoms with Crippen LogP contribution in [0.3, 0.4) is 0 Å². The number of aryl methyl sites for hydroxylation is 2. The number of aromatic nitrogens is 1. The summed E-state index contributed by atoms with van der Waals surface area (Å²) in [7, 11) is 1.91. The third-order valence-corrected chi connectivity index (χ3v) is 3.78. The molecule has 0 saturated carbocycles. The molecule has 1 aromatic rings. The van der Waals surface area contributed by atoms with Gasteiger partial charge in [-0.15, -0.1) is 0 Å². The van der Waals surface area contributed by atoms with Gasteiger partial charge in [-0.05, 0) is 37.8 Å². The highest BCUT2D eigenvalue weighted by Gasteiger charge is 2.21. The molecule has 2 rings (SSSR count). The first-order valence-electron chi connectivity index (χ1n) is 6.21. The Morgan fingerprint density at radius 1 is 1.61 bits per heavy atom. The van der Waals surface area contributed by atoms with Crippen molar-refractivity contribution < 1.29 is 5.11 Å². The van der Waals surface area contributed by atoms with Crippen molar-refractivity contribution in [3.8, 4) is 0 Å². The third-order valence-electron chi connectivity index (χ3n) is 3.56. The first-order valence-corrected chi connectivity index (χ1v) is 6.61. The summed E-state index contributed by atoms with van der Waals surface area (Å²) in [5.74, 6) is 0.782. The minimum atomic E-state index is -0.00921. The zero-order chi connectivity index (χ0) is 13.3. The van der Waals surface area contributed by atoms with Crippen LogP contribution in [-0.4, -0.2) is 34.8 Å². The molecule has 1 heterocycles. The number of nitrogens with two attached hydrogens (primary N) is 1. The predicted molar refractivity (Wildman–Crippen MR) is 77.1 cm³/mol. The van der Waals surface area contributed by atoms with E-state index in [9.17, 15) is 5.11 Å². The molecule has 0 amide bonds. The quantitative estimate of drug-likeness (QED) is 0.796. The Morgan fingerprint density at radius 2 is 2.33 bits per heavy atom. The summed E-state index contributed by atoms with van der Waals surface area (Å²) in [5, 5.41) is 9.26. The Balaban J connectivity index is 2.47. The minimum absolute atomic E-state index is 0.00921. The Kier molecular flexibility index (Phi) is 3.82. The molecule has 0 fully saturated rings. The van der Waals surface area contributed by atoms with E-state index in [0.717, 1.165) is 36.3 Å². The molecule has 1 aromatic heterocycles. The standard InChI is InChI=1S/C13H19N3OS/c1-8(7-17)16(2)13-10(12(14)18)6-9-4-3-5-11(9)15-13/h6,8,17H,3-5,7H2,1-2H3,(H2,14,18). The molecule has 0 aromatic carbocycles. The molecule has 98 valence electrons. The second-order valence-corrected chi connectivity index (χ2v) is 5.27. The predicted octanol–water partition coefficient (Wildman–Crippen LogP) is 1.02. The Morgan fingerprint density at radius 3 is 2.94 bits per heavy atom. The van der Waals surface area contributed by atoms with E-state index in [-0.39, 0.29) is 12.6 Å². The van der Waals surface area contributed by atoms with Gasteiger partial charge in [-0.25, -0.2) is 4.98 Å². The molecule has 0 aliphatic heterocycles. The van der Waals surface area contributed by atoms with Crippen molar-refractivity contribution in [1.29, 1.82) is 0 Å². The van der Waals surface area contributed by atoms with Crippen molar-refractivity contribution in [3.63, 3.8) is 0 Å². The van der Waals surface area contributed by atoms with Crippen molar-refractivity contribution >= 4 is 23.0 Å². The summed E-state index contributed by atoms with van der Waals surface area (Å²) in [6, 6.07) is 2.05. The average molecular weight is 265 g/mol. The van der Waals surface area contributed by atoms with E-state index in [1.807, 2.05) is 18.9 Å². The number of likely N-dealkylation sites (N-methyl/N-ethyl adjacent to an activating group) is 1. The molecular formula is C13H19N3OS. The molecular weight excluding hydrogens is 246 g/mol. The van der Waals surface area contributed by atoms with Gasteiger partial charge < -0.3 is 15.7 Å². The van der Waals surface area contributed by atoms with Crippen LogP contribution in [0.4, 0.5) is 5.82 Å². The van der Waals surface area contributed by atoms with Gasteiger partial charge in [0, 0.05) is 12.7 Å². The second-order valence-electron chi connectivity index (χ2n) is 4.83. The number of thiocarbonyl (C=S) groups is 1. The average Bonchev–Trinajstić information content (AvgIpc) is 2.82. The highest BCUT2D eigenvalue weighted by molar-refractivity contribution is 7.80. The van der Waals surface area contributed by atoms with Gasteiger partial charge in [-0.1, -0.05) is 12.2 Å². The van der Waals surface area contributed by atoms with E-state index in [1.165, 1.54) is 5.56 Å². The number of anilines is 1. The molecule has 18 heavy (non-hydrogen) atoms. The largest absolute Gasteiger partial charge is 0.394 e. The number of nitrogens with zero attached hydrogens (tertiary/aromatic N) is 2. The summed E-state index contributed by atoms with van der Waals surface area (Å²) >= 11 is 5.11. The lowest BCUT2D eigenvalue weighted by Crippen LogP contribution is -2.34. The van der Waals surface area contributed by atoms with Gasteiger partial charge in [0.1, 0.15) is 10.8 Å². The molecule has 3 N–H and O–H groups in total. The molecule has 1 aliphatic rings. The molecule has 0 saturated heterocycles. The van der Waals surface area contributed by atoms with Crippen LogP contribution in [0.1, 0.15) is 30.2 Å². The summed E-state index contributed by atoms with van der Waals surface area (Å²) in [5.41, 5.74) is 9.00. The highest BCUT2D eigenvalue weighted by Crippen LogP contribution is 2.27. The molecule has 1 aliphatic carbocycles. The fraction of sp³-hybridized carbons (Fsp3) is 0.538. The van der Waals surface area contributed by atoms with Crippen LogP contribution in [0.25, 0.3) is 0 Å². The molecule has 5 heteroatoms. The molecule has 4 nitrogen and oxygen atoms in total. The Hall–Kier alpha value is -1.20. The van der Waals surface area contributed by atoms with Crippen LogP contribution in [0.5, 0.6) is 0 Å². The fourth-order valence-corrected chi connectivity index (χ4v) is 2.39. The second kappa shape index (κ2) is 5.20. The first kappa shape index (κ1) is 13.2.